The van der Waals surface area contributed by atoms with Gasteiger partial charge in [0, 0.05) is 11.1 Å². The standard InChI is InChI=1S/C16H14N4O3S/c17-5-7-19-15(21)13(20-16(22)23-8-6-18)9-11-10-24-14-4-2-1-3-12(11)14/h1-4,10,13H,7-9H2,(H,19,21)(H,20,22). The smallest absolute Gasteiger partial charge is 0.408 e. The highest BCUT2D eigenvalue weighted by molar-refractivity contribution is 7.17. The van der Waals surface area contributed by atoms with Crippen molar-refractivity contribution in [1.82, 2.24) is 10.6 Å². The second-order valence-electron chi connectivity index (χ2n) is 4.77. The summed E-state index contributed by atoms with van der Waals surface area (Å²) in [6.07, 6.45) is -0.601. The molecule has 0 spiro atoms. The number of carbonyl (C=O) groups excluding carboxylic acids is 2. The van der Waals surface area contributed by atoms with Gasteiger partial charge >= 0.3 is 6.09 Å². The number of carbonyl (C=O) groups is 2. The van der Waals surface area contributed by atoms with Crippen LogP contribution in [-0.4, -0.2) is 31.2 Å². The molecule has 0 aliphatic heterocycles. The van der Waals surface area contributed by atoms with Crippen LogP contribution in [-0.2, 0) is 16.0 Å². The molecular weight excluding hydrogens is 328 g/mol. The molecule has 24 heavy (non-hydrogen) atoms. The van der Waals surface area contributed by atoms with Gasteiger partial charge in [-0.2, -0.15) is 10.5 Å². The van der Waals surface area contributed by atoms with Crippen LogP contribution in [0.15, 0.2) is 29.6 Å². The molecule has 2 aromatic rings. The van der Waals surface area contributed by atoms with E-state index in [1.165, 1.54) is 0 Å². The fourth-order valence-corrected chi connectivity index (χ4v) is 3.13. The zero-order valence-electron chi connectivity index (χ0n) is 12.6. The number of rotatable bonds is 6. The molecular formula is C16H14N4O3S. The number of ether oxygens (including phenoxy) is 1. The van der Waals surface area contributed by atoms with Crippen LogP contribution in [0.4, 0.5) is 4.79 Å². The number of hydrogen-bond donors (Lipinski definition) is 2. The number of hydrogen-bond acceptors (Lipinski definition) is 6. The molecule has 0 saturated carbocycles. The Labute approximate surface area is 142 Å². The third-order valence-electron chi connectivity index (χ3n) is 3.20. The van der Waals surface area contributed by atoms with E-state index in [0.29, 0.717) is 0 Å². The normalized spacial score (nSPS) is 11.1. The number of alkyl carbamates (subject to hydrolysis) is 1. The topological polar surface area (TPSA) is 115 Å². The van der Waals surface area contributed by atoms with Crippen LogP contribution in [0.5, 0.6) is 0 Å². The molecule has 1 unspecified atom stereocenters. The van der Waals surface area contributed by atoms with Crippen LogP contribution in [0.25, 0.3) is 10.1 Å². The Morgan fingerprint density at radius 1 is 1.25 bits per heavy atom. The summed E-state index contributed by atoms with van der Waals surface area (Å²) in [5.41, 5.74) is 0.910. The van der Waals surface area contributed by atoms with Crippen LogP contribution in [0, 0.1) is 22.7 Å². The van der Waals surface area contributed by atoms with E-state index in [1.54, 1.807) is 17.4 Å². The molecule has 1 aromatic carbocycles. The van der Waals surface area contributed by atoms with E-state index in [0.717, 1.165) is 15.6 Å². The molecule has 2 N–H and O–H groups in total. The van der Waals surface area contributed by atoms with E-state index >= 15 is 0 Å². The van der Waals surface area contributed by atoms with Gasteiger partial charge < -0.3 is 15.4 Å². The minimum Gasteiger partial charge on any atom is -0.434 e. The average Bonchev–Trinajstić information content (AvgIpc) is 3.00. The Kier molecular flexibility index (Phi) is 6.12. The molecule has 0 bridgehead atoms. The predicted octanol–water partition coefficient (Wildman–Crippen LogP) is 1.70. The third kappa shape index (κ3) is 4.45. The van der Waals surface area contributed by atoms with Crippen LogP contribution >= 0.6 is 11.3 Å². The summed E-state index contributed by atoms with van der Waals surface area (Å²) in [6.45, 7) is -0.561. The van der Waals surface area contributed by atoms with Gasteiger partial charge in [0.2, 0.25) is 5.91 Å². The Morgan fingerprint density at radius 2 is 2.04 bits per heavy atom. The number of thiophene rings is 1. The SMILES string of the molecule is N#CCNC(=O)C(Cc1csc2ccccc12)NC(=O)OCC#N. The number of benzene rings is 1. The summed E-state index contributed by atoms with van der Waals surface area (Å²) in [5, 5.41) is 24.8. The van der Waals surface area contributed by atoms with Crippen LogP contribution in [0.2, 0.25) is 0 Å². The van der Waals surface area contributed by atoms with Gasteiger partial charge in [-0.3, -0.25) is 4.79 Å². The molecule has 1 heterocycles. The molecule has 1 aromatic heterocycles. The monoisotopic (exact) mass is 342 g/mol. The van der Waals surface area contributed by atoms with Gasteiger partial charge in [-0.15, -0.1) is 11.3 Å². The first-order valence-corrected chi connectivity index (χ1v) is 7.93. The number of fused-ring (bicyclic) bond motifs is 1. The summed E-state index contributed by atoms with van der Waals surface area (Å²) in [5.74, 6) is -0.485. The molecule has 0 saturated heterocycles. The van der Waals surface area contributed by atoms with Crippen molar-refractivity contribution in [3.05, 3.63) is 35.2 Å². The molecule has 1 atom stereocenters. The predicted molar refractivity (Wildman–Crippen MR) is 88.0 cm³/mol. The minimum atomic E-state index is -0.900. The molecule has 0 fully saturated rings. The summed E-state index contributed by atoms with van der Waals surface area (Å²) in [7, 11) is 0. The molecule has 2 rings (SSSR count). The molecule has 7 nitrogen and oxygen atoms in total. The maximum absolute atomic E-state index is 12.2. The zero-order chi connectivity index (χ0) is 17.4. The van der Waals surface area contributed by atoms with Gasteiger partial charge in [-0.25, -0.2) is 4.79 Å². The number of nitrogens with one attached hydrogen (secondary N) is 2. The lowest BCUT2D eigenvalue weighted by atomic mass is 10.0. The van der Waals surface area contributed by atoms with Crippen molar-refractivity contribution in [2.75, 3.05) is 13.2 Å². The van der Waals surface area contributed by atoms with Crippen molar-refractivity contribution < 1.29 is 14.3 Å². The Morgan fingerprint density at radius 3 is 2.79 bits per heavy atom. The maximum atomic E-state index is 12.2. The van der Waals surface area contributed by atoms with Crippen molar-refractivity contribution in [2.45, 2.75) is 12.5 Å². The van der Waals surface area contributed by atoms with Gasteiger partial charge in [0.1, 0.15) is 18.7 Å². The molecule has 2 amide bonds. The summed E-state index contributed by atoms with van der Waals surface area (Å²) in [6, 6.07) is 10.3. The van der Waals surface area contributed by atoms with Crippen molar-refractivity contribution in [3.8, 4) is 12.1 Å². The van der Waals surface area contributed by atoms with Gasteiger partial charge in [0.05, 0.1) is 6.07 Å². The maximum Gasteiger partial charge on any atom is 0.408 e. The fourth-order valence-electron chi connectivity index (χ4n) is 2.15. The molecule has 0 aliphatic carbocycles. The lowest BCUT2D eigenvalue weighted by molar-refractivity contribution is -0.122. The third-order valence-corrected chi connectivity index (χ3v) is 4.22. The lowest BCUT2D eigenvalue weighted by Gasteiger charge is -2.17. The van der Waals surface area contributed by atoms with Gasteiger partial charge in [-0.05, 0) is 22.4 Å². The van der Waals surface area contributed by atoms with Crippen molar-refractivity contribution in [2.24, 2.45) is 0 Å². The largest absolute Gasteiger partial charge is 0.434 e. The number of nitriles is 2. The lowest BCUT2D eigenvalue weighted by Crippen LogP contribution is -2.48. The fraction of sp³-hybridized carbons (Fsp3) is 0.250. The number of amides is 2. The van der Waals surface area contributed by atoms with Gasteiger partial charge in [0.15, 0.2) is 6.61 Å². The van der Waals surface area contributed by atoms with Crippen LogP contribution in [0.3, 0.4) is 0 Å². The average molecular weight is 342 g/mol. The molecule has 122 valence electrons. The first-order valence-electron chi connectivity index (χ1n) is 7.05. The van der Waals surface area contributed by atoms with E-state index in [9.17, 15) is 9.59 Å². The second-order valence-corrected chi connectivity index (χ2v) is 5.68. The van der Waals surface area contributed by atoms with Crippen LogP contribution < -0.4 is 10.6 Å². The van der Waals surface area contributed by atoms with Crippen LogP contribution in [0.1, 0.15) is 5.56 Å². The van der Waals surface area contributed by atoms with Crippen molar-refractivity contribution in [1.29, 1.82) is 10.5 Å². The molecule has 0 aliphatic rings. The minimum absolute atomic E-state index is 0.158. The molecule has 0 radical (unpaired) electrons. The number of nitrogens with zero attached hydrogens (tertiary/aromatic N) is 2. The second kappa shape index (κ2) is 8.51. The highest BCUT2D eigenvalue weighted by atomic mass is 32.1. The highest BCUT2D eigenvalue weighted by Gasteiger charge is 2.23. The summed E-state index contributed by atoms with van der Waals surface area (Å²) in [4.78, 5) is 23.8. The van der Waals surface area contributed by atoms with E-state index in [1.807, 2.05) is 35.7 Å². The van der Waals surface area contributed by atoms with Crippen molar-refractivity contribution in [3.63, 3.8) is 0 Å². The zero-order valence-corrected chi connectivity index (χ0v) is 13.4. The first-order chi connectivity index (χ1) is 11.7. The van der Waals surface area contributed by atoms with Crippen molar-refractivity contribution >= 4 is 33.4 Å². The first kappa shape index (κ1) is 17.3. The van der Waals surface area contributed by atoms with Gasteiger partial charge in [-0.1, -0.05) is 18.2 Å². The summed E-state index contributed by atoms with van der Waals surface area (Å²) < 4.78 is 5.71. The quantitative estimate of drug-likeness (QED) is 0.775. The van der Waals surface area contributed by atoms with E-state index in [4.69, 9.17) is 10.5 Å². The summed E-state index contributed by atoms with van der Waals surface area (Å²) >= 11 is 1.55. The van der Waals surface area contributed by atoms with Gasteiger partial charge in [0.25, 0.3) is 0 Å². The Hall–Kier alpha value is -3.10. The Balaban J connectivity index is 2.15. The van der Waals surface area contributed by atoms with E-state index in [-0.39, 0.29) is 13.0 Å². The Bertz CT molecular complexity index is 819. The highest BCUT2D eigenvalue weighted by Crippen LogP contribution is 2.26. The molecule has 8 heteroatoms. The van der Waals surface area contributed by atoms with E-state index in [2.05, 4.69) is 15.4 Å². The van der Waals surface area contributed by atoms with E-state index < -0.39 is 24.6 Å².